The molecule has 1 aromatic carbocycles. The summed E-state index contributed by atoms with van der Waals surface area (Å²) >= 11 is 5.97. The second-order valence-electron chi connectivity index (χ2n) is 7.13. The molecule has 0 saturated carbocycles. The van der Waals surface area contributed by atoms with Crippen LogP contribution in [0.1, 0.15) is 19.8 Å². The number of nitrogens with one attached hydrogen (secondary N) is 1. The molecule has 1 aliphatic rings. The molecule has 1 saturated heterocycles. The number of carbonyl (C=O) groups is 1. The maximum atomic E-state index is 12.8. The molecule has 30 heavy (non-hydrogen) atoms. The van der Waals surface area contributed by atoms with E-state index in [1.807, 2.05) is 35.8 Å². The summed E-state index contributed by atoms with van der Waals surface area (Å²) in [5, 5.41) is 2.88. The third-order valence-corrected chi connectivity index (χ3v) is 7.72. The van der Waals surface area contributed by atoms with Crippen LogP contribution >= 0.6 is 11.6 Å². The molecule has 3 heterocycles. The number of benzene rings is 1. The van der Waals surface area contributed by atoms with E-state index in [4.69, 9.17) is 11.6 Å². The SMILES string of the molecule is CCn1c(NC(=O)C2CCN(S(=O)(=O)c3cccnc3Cl)CC2)nc2ccccc21. The van der Waals surface area contributed by atoms with Crippen molar-refractivity contribution in [1.29, 1.82) is 0 Å². The van der Waals surface area contributed by atoms with E-state index in [9.17, 15) is 13.2 Å². The van der Waals surface area contributed by atoms with Gasteiger partial charge in [0.25, 0.3) is 0 Å². The van der Waals surface area contributed by atoms with Gasteiger partial charge in [0.15, 0.2) is 0 Å². The fourth-order valence-electron chi connectivity index (χ4n) is 3.76. The van der Waals surface area contributed by atoms with Crippen molar-refractivity contribution in [2.45, 2.75) is 31.2 Å². The molecule has 1 amide bonds. The number of aromatic nitrogens is 3. The van der Waals surface area contributed by atoms with Crippen LogP contribution < -0.4 is 5.32 Å². The van der Waals surface area contributed by atoms with Crippen LogP contribution in [-0.2, 0) is 21.4 Å². The number of anilines is 1. The number of imidazole rings is 1. The second-order valence-corrected chi connectivity index (χ2v) is 9.39. The van der Waals surface area contributed by atoms with Gasteiger partial charge in [-0.3, -0.25) is 10.1 Å². The van der Waals surface area contributed by atoms with Crippen molar-refractivity contribution in [2.75, 3.05) is 18.4 Å². The molecule has 0 unspecified atom stereocenters. The van der Waals surface area contributed by atoms with Crippen LogP contribution in [0, 0.1) is 5.92 Å². The first-order valence-corrected chi connectivity index (χ1v) is 11.6. The van der Waals surface area contributed by atoms with Gasteiger partial charge < -0.3 is 4.57 Å². The van der Waals surface area contributed by atoms with E-state index in [1.165, 1.54) is 16.6 Å². The van der Waals surface area contributed by atoms with E-state index in [-0.39, 0.29) is 35.0 Å². The topological polar surface area (TPSA) is 97.2 Å². The Morgan fingerprint density at radius 3 is 2.63 bits per heavy atom. The van der Waals surface area contributed by atoms with Crippen LogP contribution in [0.5, 0.6) is 0 Å². The van der Waals surface area contributed by atoms with E-state index in [0.29, 0.717) is 25.3 Å². The minimum absolute atomic E-state index is 0.00812. The van der Waals surface area contributed by atoms with Crippen molar-refractivity contribution >= 4 is 44.5 Å². The Balaban J connectivity index is 1.45. The largest absolute Gasteiger partial charge is 0.310 e. The van der Waals surface area contributed by atoms with Gasteiger partial charge >= 0.3 is 0 Å². The molecule has 0 atom stereocenters. The Morgan fingerprint density at radius 1 is 1.20 bits per heavy atom. The molecule has 8 nitrogen and oxygen atoms in total. The molecule has 0 bridgehead atoms. The zero-order valence-electron chi connectivity index (χ0n) is 16.5. The molecule has 3 aromatic rings. The van der Waals surface area contributed by atoms with Gasteiger partial charge in [-0.2, -0.15) is 4.31 Å². The lowest BCUT2D eigenvalue weighted by atomic mass is 9.97. The van der Waals surface area contributed by atoms with Crippen molar-refractivity contribution in [3.63, 3.8) is 0 Å². The number of para-hydroxylation sites is 2. The summed E-state index contributed by atoms with van der Waals surface area (Å²) in [6, 6.07) is 10.7. The molecule has 10 heteroatoms. The number of amides is 1. The van der Waals surface area contributed by atoms with Crippen molar-refractivity contribution in [3.8, 4) is 0 Å². The number of hydrogen-bond acceptors (Lipinski definition) is 5. The first kappa shape index (κ1) is 20.8. The molecule has 1 N–H and O–H groups in total. The van der Waals surface area contributed by atoms with Crippen LogP contribution in [0.3, 0.4) is 0 Å². The number of rotatable bonds is 5. The number of sulfonamides is 1. The van der Waals surface area contributed by atoms with E-state index in [1.54, 1.807) is 6.07 Å². The van der Waals surface area contributed by atoms with Crippen LogP contribution in [0.4, 0.5) is 5.95 Å². The minimum Gasteiger partial charge on any atom is -0.310 e. The third-order valence-electron chi connectivity index (χ3n) is 5.37. The lowest BCUT2D eigenvalue weighted by Gasteiger charge is -2.30. The zero-order valence-corrected chi connectivity index (χ0v) is 18.0. The monoisotopic (exact) mass is 447 g/mol. The predicted molar refractivity (Wildman–Crippen MR) is 115 cm³/mol. The molecule has 158 valence electrons. The summed E-state index contributed by atoms with van der Waals surface area (Å²) in [6.45, 7) is 3.17. The Hall–Kier alpha value is -2.49. The quantitative estimate of drug-likeness (QED) is 0.606. The summed E-state index contributed by atoms with van der Waals surface area (Å²) in [7, 11) is -3.74. The normalized spacial score (nSPS) is 16.1. The Bertz CT molecular complexity index is 1190. The highest BCUT2D eigenvalue weighted by Gasteiger charge is 2.33. The lowest BCUT2D eigenvalue weighted by Crippen LogP contribution is -2.41. The maximum absolute atomic E-state index is 12.8. The molecule has 0 radical (unpaired) electrons. The minimum atomic E-state index is -3.74. The highest BCUT2D eigenvalue weighted by Crippen LogP contribution is 2.28. The van der Waals surface area contributed by atoms with E-state index in [0.717, 1.165) is 11.0 Å². The Labute approximate surface area is 179 Å². The molecule has 2 aromatic heterocycles. The lowest BCUT2D eigenvalue weighted by molar-refractivity contribution is -0.121. The average Bonchev–Trinajstić information content (AvgIpc) is 3.10. The number of carbonyl (C=O) groups excluding carboxylic acids is 1. The summed E-state index contributed by atoms with van der Waals surface area (Å²) in [4.78, 5) is 21.2. The van der Waals surface area contributed by atoms with Crippen molar-refractivity contribution in [3.05, 3.63) is 47.7 Å². The van der Waals surface area contributed by atoms with Gasteiger partial charge in [-0.15, -0.1) is 0 Å². The van der Waals surface area contributed by atoms with E-state index in [2.05, 4.69) is 15.3 Å². The summed E-state index contributed by atoms with van der Waals surface area (Å²) in [6.07, 6.45) is 2.30. The molecular weight excluding hydrogens is 426 g/mol. The highest BCUT2D eigenvalue weighted by atomic mass is 35.5. The standard InChI is InChI=1S/C20H22ClN5O3S/c1-2-26-16-7-4-3-6-15(16)23-20(26)24-19(27)14-9-12-25(13-10-14)30(28,29)17-8-5-11-22-18(17)21/h3-8,11,14H,2,9-10,12-13H2,1H3,(H,23,24,27). The maximum Gasteiger partial charge on any atom is 0.246 e. The molecule has 4 rings (SSSR count). The van der Waals surface area contributed by atoms with Gasteiger partial charge in [0.2, 0.25) is 21.9 Å². The molecule has 1 fully saturated rings. The van der Waals surface area contributed by atoms with Crippen LogP contribution in [0.25, 0.3) is 11.0 Å². The molecule has 1 aliphatic heterocycles. The fourth-order valence-corrected chi connectivity index (χ4v) is 5.66. The van der Waals surface area contributed by atoms with Gasteiger partial charge in [0.05, 0.1) is 11.0 Å². The smallest absolute Gasteiger partial charge is 0.246 e. The number of fused-ring (bicyclic) bond motifs is 1. The first-order chi connectivity index (χ1) is 14.4. The van der Waals surface area contributed by atoms with Crippen LogP contribution in [-0.4, -0.2) is 46.3 Å². The van der Waals surface area contributed by atoms with Gasteiger partial charge in [0, 0.05) is 31.7 Å². The first-order valence-electron chi connectivity index (χ1n) is 9.78. The average molecular weight is 448 g/mol. The number of halogens is 1. The number of piperidine rings is 1. The molecule has 0 spiro atoms. The van der Waals surface area contributed by atoms with Crippen LogP contribution in [0.15, 0.2) is 47.5 Å². The Morgan fingerprint density at radius 2 is 1.93 bits per heavy atom. The van der Waals surface area contributed by atoms with Crippen molar-refractivity contribution in [1.82, 2.24) is 18.8 Å². The Kier molecular flexibility index (Phi) is 5.77. The van der Waals surface area contributed by atoms with Gasteiger partial charge in [-0.05, 0) is 44.0 Å². The van der Waals surface area contributed by atoms with Crippen LogP contribution in [0.2, 0.25) is 5.15 Å². The van der Waals surface area contributed by atoms with E-state index < -0.39 is 10.0 Å². The van der Waals surface area contributed by atoms with Gasteiger partial charge in [-0.25, -0.2) is 18.4 Å². The summed E-state index contributed by atoms with van der Waals surface area (Å²) in [5.74, 6) is 0.0864. The molecular formula is C20H22ClN5O3S. The highest BCUT2D eigenvalue weighted by molar-refractivity contribution is 7.89. The van der Waals surface area contributed by atoms with Gasteiger partial charge in [-0.1, -0.05) is 23.7 Å². The third kappa shape index (κ3) is 3.80. The predicted octanol–water partition coefficient (Wildman–Crippen LogP) is 3.14. The molecule has 0 aliphatic carbocycles. The van der Waals surface area contributed by atoms with E-state index >= 15 is 0 Å². The summed E-state index contributed by atoms with van der Waals surface area (Å²) in [5.41, 5.74) is 1.79. The summed E-state index contributed by atoms with van der Waals surface area (Å²) < 4.78 is 29.0. The van der Waals surface area contributed by atoms with Crippen molar-refractivity contribution < 1.29 is 13.2 Å². The fraction of sp³-hybridized carbons (Fsp3) is 0.350. The zero-order chi connectivity index (χ0) is 21.3. The number of pyridine rings is 1. The second kappa shape index (κ2) is 8.33. The number of nitrogens with zero attached hydrogens (tertiary/aromatic N) is 4. The number of aryl methyl sites for hydroxylation is 1. The number of hydrogen-bond donors (Lipinski definition) is 1. The van der Waals surface area contributed by atoms with Crippen molar-refractivity contribution in [2.24, 2.45) is 5.92 Å². The van der Waals surface area contributed by atoms with Gasteiger partial charge in [0.1, 0.15) is 10.0 Å².